The first-order valence-corrected chi connectivity index (χ1v) is 12.2. The van der Waals surface area contributed by atoms with Gasteiger partial charge in [-0.15, -0.1) is 0 Å². The van der Waals surface area contributed by atoms with Crippen molar-refractivity contribution in [2.75, 3.05) is 57.1 Å². The van der Waals surface area contributed by atoms with E-state index >= 15 is 0 Å². The molecule has 2 aliphatic rings. The zero-order valence-corrected chi connectivity index (χ0v) is 20.0. The number of likely N-dealkylation sites (N-methyl/N-ethyl adjacent to an activating group) is 1. The molecule has 2 saturated heterocycles. The molecular formula is C25H36N6O3. The fourth-order valence-corrected chi connectivity index (χ4v) is 4.58. The molecule has 184 valence electrons. The number of nitrogens with one attached hydrogen (secondary N) is 1. The zero-order valence-electron chi connectivity index (χ0n) is 20.0. The number of likely N-dealkylation sites (tertiary alicyclic amines) is 1. The Morgan fingerprint density at radius 3 is 2.65 bits per heavy atom. The first-order valence-electron chi connectivity index (χ1n) is 12.2. The molecule has 0 aliphatic carbocycles. The molecule has 9 heteroatoms. The van der Waals surface area contributed by atoms with Gasteiger partial charge in [0.1, 0.15) is 5.82 Å². The number of hydrogen-bond acceptors (Lipinski definition) is 8. The molecule has 1 amide bonds. The third kappa shape index (κ3) is 6.57. The molecular weight excluding hydrogens is 432 g/mol. The summed E-state index contributed by atoms with van der Waals surface area (Å²) in [5.74, 6) is 1.48. The van der Waals surface area contributed by atoms with Crippen LogP contribution >= 0.6 is 0 Å². The van der Waals surface area contributed by atoms with Crippen LogP contribution < -0.4 is 16.0 Å². The highest BCUT2D eigenvalue weighted by Crippen LogP contribution is 2.30. The Morgan fingerprint density at radius 1 is 1.12 bits per heavy atom. The van der Waals surface area contributed by atoms with Gasteiger partial charge in [-0.3, -0.25) is 0 Å². The quantitative estimate of drug-likeness (QED) is 0.541. The standard InChI is InChI=1S/C25H36N6O3/c1-27-21-10-13-31(17-21)23-16-22(28-24(26)29-23)20-8-11-30(12-9-20)25(32)34-15-5-14-33-18-19-6-3-2-4-7-19/h2-4,6-7,16,20-21,27H,5,8-15,17-18H2,1H3,(H2,26,28,29)/t21-/m1/s1. The monoisotopic (exact) mass is 468 g/mol. The van der Waals surface area contributed by atoms with E-state index in [1.165, 1.54) is 0 Å². The summed E-state index contributed by atoms with van der Waals surface area (Å²) in [5.41, 5.74) is 8.15. The predicted octanol–water partition coefficient (Wildman–Crippen LogP) is 2.78. The van der Waals surface area contributed by atoms with E-state index in [9.17, 15) is 4.79 Å². The van der Waals surface area contributed by atoms with Crippen molar-refractivity contribution >= 4 is 17.9 Å². The van der Waals surface area contributed by atoms with Gasteiger partial charge in [0.2, 0.25) is 5.95 Å². The van der Waals surface area contributed by atoms with E-state index in [0.717, 1.165) is 49.4 Å². The van der Waals surface area contributed by atoms with Gasteiger partial charge in [-0.2, -0.15) is 4.98 Å². The average Bonchev–Trinajstić information content (AvgIpc) is 3.36. The highest BCUT2D eigenvalue weighted by atomic mass is 16.6. The van der Waals surface area contributed by atoms with E-state index < -0.39 is 0 Å². The highest BCUT2D eigenvalue weighted by Gasteiger charge is 2.28. The van der Waals surface area contributed by atoms with Gasteiger partial charge in [0, 0.05) is 50.6 Å². The van der Waals surface area contributed by atoms with Gasteiger partial charge in [0.25, 0.3) is 0 Å². The number of nitrogens with two attached hydrogens (primary N) is 1. The maximum atomic E-state index is 12.4. The second-order valence-corrected chi connectivity index (χ2v) is 9.00. The molecule has 0 saturated carbocycles. The SMILES string of the molecule is CN[C@@H]1CCN(c2cc(C3CCN(C(=O)OCCCOCc4ccccc4)CC3)nc(N)n2)C1. The third-order valence-corrected chi connectivity index (χ3v) is 6.61. The third-order valence-electron chi connectivity index (χ3n) is 6.61. The maximum absolute atomic E-state index is 12.4. The fourth-order valence-electron chi connectivity index (χ4n) is 4.58. The van der Waals surface area contributed by atoms with Gasteiger partial charge in [0.15, 0.2) is 0 Å². The Kier molecular flexibility index (Phi) is 8.54. The minimum atomic E-state index is -0.250. The summed E-state index contributed by atoms with van der Waals surface area (Å²) in [5, 5.41) is 3.33. The molecule has 0 radical (unpaired) electrons. The van der Waals surface area contributed by atoms with Gasteiger partial charge in [0.05, 0.1) is 25.5 Å². The van der Waals surface area contributed by atoms with Gasteiger partial charge in [-0.1, -0.05) is 30.3 Å². The fraction of sp³-hybridized carbons (Fsp3) is 0.560. The normalized spacial score (nSPS) is 18.9. The van der Waals surface area contributed by atoms with Crippen molar-refractivity contribution in [3.05, 3.63) is 47.7 Å². The summed E-state index contributed by atoms with van der Waals surface area (Å²) in [6.07, 6.45) is 3.20. The van der Waals surface area contributed by atoms with Crippen molar-refractivity contribution in [3.63, 3.8) is 0 Å². The molecule has 1 atom stereocenters. The number of anilines is 2. The lowest BCUT2D eigenvalue weighted by atomic mass is 9.93. The summed E-state index contributed by atoms with van der Waals surface area (Å²) < 4.78 is 11.1. The lowest BCUT2D eigenvalue weighted by Gasteiger charge is -2.31. The second-order valence-electron chi connectivity index (χ2n) is 9.00. The molecule has 9 nitrogen and oxygen atoms in total. The van der Waals surface area contributed by atoms with E-state index in [0.29, 0.717) is 51.3 Å². The molecule has 1 aromatic carbocycles. The Balaban J connectivity index is 1.18. The lowest BCUT2D eigenvalue weighted by molar-refractivity contribution is 0.0705. The van der Waals surface area contributed by atoms with Crippen LogP contribution in [-0.4, -0.2) is 73.4 Å². The smallest absolute Gasteiger partial charge is 0.409 e. The molecule has 1 aromatic heterocycles. The number of amides is 1. The van der Waals surface area contributed by atoms with Crippen molar-refractivity contribution in [3.8, 4) is 0 Å². The van der Waals surface area contributed by atoms with Crippen LogP contribution in [0.5, 0.6) is 0 Å². The topological polar surface area (TPSA) is 106 Å². The molecule has 3 heterocycles. The molecule has 4 rings (SSSR count). The Labute approximate surface area is 201 Å². The number of nitrogens with zero attached hydrogens (tertiary/aromatic N) is 4. The largest absolute Gasteiger partial charge is 0.449 e. The minimum Gasteiger partial charge on any atom is -0.449 e. The van der Waals surface area contributed by atoms with Crippen LogP contribution in [0.4, 0.5) is 16.6 Å². The van der Waals surface area contributed by atoms with Crippen LogP contribution in [-0.2, 0) is 16.1 Å². The van der Waals surface area contributed by atoms with Crippen molar-refractivity contribution in [1.82, 2.24) is 20.2 Å². The van der Waals surface area contributed by atoms with Crippen molar-refractivity contribution in [1.29, 1.82) is 0 Å². The van der Waals surface area contributed by atoms with E-state index in [-0.39, 0.29) is 12.0 Å². The number of ether oxygens (including phenoxy) is 2. The maximum Gasteiger partial charge on any atom is 0.409 e. The lowest BCUT2D eigenvalue weighted by Crippen LogP contribution is -2.38. The number of aromatic nitrogens is 2. The molecule has 2 aromatic rings. The zero-order chi connectivity index (χ0) is 23.8. The number of carbonyl (C=O) groups is 1. The summed E-state index contributed by atoms with van der Waals surface area (Å²) in [6.45, 7) is 4.69. The van der Waals surface area contributed by atoms with Gasteiger partial charge in [-0.05, 0) is 31.9 Å². The van der Waals surface area contributed by atoms with Crippen molar-refractivity contribution in [2.24, 2.45) is 0 Å². The van der Waals surface area contributed by atoms with Crippen molar-refractivity contribution < 1.29 is 14.3 Å². The highest BCUT2D eigenvalue weighted by molar-refractivity contribution is 5.67. The molecule has 34 heavy (non-hydrogen) atoms. The summed E-state index contributed by atoms with van der Waals surface area (Å²) >= 11 is 0. The number of benzene rings is 1. The number of carbonyl (C=O) groups excluding carboxylic acids is 1. The summed E-state index contributed by atoms with van der Waals surface area (Å²) in [7, 11) is 1.99. The number of piperidine rings is 1. The minimum absolute atomic E-state index is 0.250. The van der Waals surface area contributed by atoms with E-state index in [1.807, 2.05) is 37.4 Å². The molecule has 2 fully saturated rings. The van der Waals surface area contributed by atoms with Gasteiger partial charge >= 0.3 is 6.09 Å². The van der Waals surface area contributed by atoms with Crippen molar-refractivity contribution in [2.45, 2.75) is 44.2 Å². The van der Waals surface area contributed by atoms with Crippen LogP contribution in [0.25, 0.3) is 0 Å². The molecule has 0 bridgehead atoms. The number of rotatable bonds is 9. The number of hydrogen-bond donors (Lipinski definition) is 2. The second kappa shape index (κ2) is 12.0. The molecule has 2 aliphatic heterocycles. The van der Waals surface area contributed by atoms with Gasteiger partial charge < -0.3 is 30.3 Å². The predicted molar refractivity (Wildman–Crippen MR) is 132 cm³/mol. The Hall–Kier alpha value is -2.91. The van der Waals surface area contributed by atoms with E-state index in [2.05, 4.69) is 26.3 Å². The summed E-state index contributed by atoms with van der Waals surface area (Å²) in [6, 6.07) is 12.6. The Bertz CT molecular complexity index is 920. The van der Waals surface area contributed by atoms with Crippen LogP contribution in [0, 0.1) is 0 Å². The molecule has 0 unspecified atom stereocenters. The molecule has 0 spiro atoms. The summed E-state index contributed by atoms with van der Waals surface area (Å²) in [4.78, 5) is 25.5. The first kappa shape index (κ1) is 24.2. The van der Waals surface area contributed by atoms with Crippen LogP contribution in [0.1, 0.15) is 42.9 Å². The first-order chi connectivity index (χ1) is 16.6. The van der Waals surface area contributed by atoms with E-state index in [4.69, 9.17) is 15.2 Å². The Morgan fingerprint density at radius 2 is 1.91 bits per heavy atom. The van der Waals surface area contributed by atoms with Crippen LogP contribution in [0.3, 0.4) is 0 Å². The average molecular weight is 469 g/mol. The molecule has 3 N–H and O–H groups in total. The van der Waals surface area contributed by atoms with E-state index in [1.54, 1.807) is 4.90 Å². The van der Waals surface area contributed by atoms with Gasteiger partial charge in [-0.25, -0.2) is 9.78 Å². The number of nitrogen functional groups attached to an aromatic ring is 1. The van der Waals surface area contributed by atoms with Crippen LogP contribution in [0.2, 0.25) is 0 Å². The van der Waals surface area contributed by atoms with Crippen LogP contribution in [0.15, 0.2) is 36.4 Å².